The van der Waals surface area contributed by atoms with Crippen LogP contribution in [0.3, 0.4) is 0 Å². The lowest BCUT2D eigenvalue weighted by Crippen LogP contribution is -2.22. The molecule has 8 heteroatoms. The number of hydrogen-bond acceptors (Lipinski definition) is 5. The monoisotopic (exact) mass is 335 g/mol. The van der Waals surface area contributed by atoms with Crippen molar-refractivity contribution in [1.82, 2.24) is 15.0 Å². The lowest BCUT2D eigenvalue weighted by molar-refractivity contribution is 0.0574. The summed E-state index contributed by atoms with van der Waals surface area (Å²) in [6.45, 7) is 7.78. The van der Waals surface area contributed by atoms with Crippen molar-refractivity contribution in [3.8, 4) is 0 Å². The number of rotatable bonds is 6. The van der Waals surface area contributed by atoms with E-state index in [1.807, 2.05) is 0 Å². The molecule has 0 saturated heterocycles. The third-order valence-electron chi connectivity index (χ3n) is 2.20. The maximum absolute atomic E-state index is 11.3. The van der Waals surface area contributed by atoms with Gasteiger partial charge in [0.25, 0.3) is 0 Å². The standard InChI is InChI=1S/C10H18BrN3O3Si/c1-16-10(15)8-9(11)13-14(12-8)7-17-5-6-18(2,3)4/h5-7H2,1-4H3. The number of hydrogen-bond donors (Lipinski definition) is 0. The third-order valence-corrected chi connectivity index (χ3v) is 4.43. The Bertz CT molecular complexity index is 417. The summed E-state index contributed by atoms with van der Waals surface area (Å²) in [4.78, 5) is 12.6. The van der Waals surface area contributed by atoms with Gasteiger partial charge in [0.05, 0.1) is 7.11 Å². The Kier molecular flexibility index (Phi) is 5.48. The molecule has 0 saturated carbocycles. The molecule has 0 aliphatic rings. The largest absolute Gasteiger partial charge is 0.464 e. The highest BCUT2D eigenvalue weighted by molar-refractivity contribution is 9.10. The lowest BCUT2D eigenvalue weighted by Gasteiger charge is -2.14. The molecular formula is C10H18BrN3O3Si. The van der Waals surface area contributed by atoms with Gasteiger partial charge in [0.1, 0.15) is 0 Å². The van der Waals surface area contributed by atoms with E-state index in [0.717, 1.165) is 6.04 Å². The van der Waals surface area contributed by atoms with Crippen molar-refractivity contribution >= 4 is 30.0 Å². The average Bonchev–Trinajstić information content (AvgIpc) is 2.64. The number of methoxy groups -OCH3 is 1. The van der Waals surface area contributed by atoms with Crippen molar-refractivity contribution in [1.29, 1.82) is 0 Å². The molecule has 1 aromatic heterocycles. The van der Waals surface area contributed by atoms with Crippen LogP contribution in [0.15, 0.2) is 4.60 Å². The molecule has 1 heterocycles. The molecule has 18 heavy (non-hydrogen) atoms. The molecule has 0 amide bonds. The van der Waals surface area contributed by atoms with Gasteiger partial charge in [0.2, 0.25) is 5.69 Å². The highest BCUT2D eigenvalue weighted by Gasteiger charge is 2.17. The van der Waals surface area contributed by atoms with Gasteiger partial charge < -0.3 is 9.47 Å². The summed E-state index contributed by atoms with van der Waals surface area (Å²) < 4.78 is 10.4. The van der Waals surface area contributed by atoms with Gasteiger partial charge in [-0.15, -0.1) is 10.2 Å². The van der Waals surface area contributed by atoms with Crippen molar-refractivity contribution in [3.05, 3.63) is 10.3 Å². The molecule has 0 atom stereocenters. The van der Waals surface area contributed by atoms with Crippen LogP contribution in [-0.2, 0) is 16.2 Å². The molecular weight excluding hydrogens is 318 g/mol. The fraction of sp³-hybridized carbons (Fsp3) is 0.700. The zero-order valence-electron chi connectivity index (χ0n) is 11.1. The molecule has 0 unspecified atom stereocenters. The average molecular weight is 336 g/mol. The van der Waals surface area contributed by atoms with E-state index >= 15 is 0 Å². The summed E-state index contributed by atoms with van der Waals surface area (Å²) in [6, 6.07) is 1.08. The van der Waals surface area contributed by atoms with Gasteiger partial charge >= 0.3 is 5.97 Å². The van der Waals surface area contributed by atoms with Crippen LogP contribution in [-0.4, -0.2) is 42.8 Å². The van der Waals surface area contributed by atoms with E-state index in [0.29, 0.717) is 11.2 Å². The zero-order chi connectivity index (χ0) is 13.8. The molecule has 0 N–H and O–H groups in total. The summed E-state index contributed by atoms with van der Waals surface area (Å²) in [7, 11) is 0.221. The number of aromatic nitrogens is 3. The molecule has 1 rings (SSSR count). The second-order valence-electron chi connectivity index (χ2n) is 5.05. The third kappa shape index (κ3) is 4.87. The number of esters is 1. The highest BCUT2D eigenvalue weighted by Crippen LogP contribution is 2.12. The molecule has 0 fully saturated rings. The highest BCUT2D eigenvalue weighted by atomic mass is 79.9. The van der Waals surface area contributed by atoms with Crippen molar-refractivity contribution < 1.29 is 14.3 Å². The van der Waals surface area contributed by atoms with Gasteiger partial charge in [-0.3, -0.25) is 0 Å². The maximum atomic E-state index is 11.3. The Balaban J connectivity index is 2.47. The van der Waals surface area contributed by atoms with Crippen molar-refractivity contribution in [2.75, 3.05) is 13.7 Å². The fourth-order valence-electron chi connectivity index (χ4n) is 1.13. The van der Waals surface area contributed by atoms with Crippen molar-refractivity contribution in [2.24, 2.45) is 0 Å². The smallest absolute Gasteiger partial charge is 0.361 e. The van der Waals surface area contributed by atoms with Crippen molar-refractivity contribution in [3.63, 3.8) is 0 Å². The molecule has 0 aliphatic heterocycles. The van der Waals surface area contributed by atoms with E-state index in [-0.39, 0.29) is 12.4 Å². The van der Waals surface area contributed by atoms with Gasteiger partial charge in [0.15, 0.2) is 11.3 Å². The van der Waals surface area contributed by atoms with E-state index in [4.69, 9.17) is 4.74 Å². The maximum Gasteiger partial charge on any atom is 0.361 e. The molecule has 102 valence electrons. The quantitative estimate of drug-likeness (QED) is 0.452. The first-order valence-corrected chi connectivity index (χ1v) is 10.1. The van der Waals surface area contributed by atoms with Gasteiger partial charge in [-0.2, -0.15) is 4.80 Å². The van der Waals surface area contributed by atoms with Crippen LogP contribution in [0, 0.1) is 0 Å². The summed E-state index contributed by atoms with van der Waals surface area (Å²) >= 11 is 3.16. The lowest BCUT2D eigenvalue weighted by atomic mass is 10.5. The molecule has 0 aromatic carbocycles. The number of halogens is 1. The predicted molar refractivity (Wildman–Crippen MR) is 73.2 cm³/mol. The Morgan fingerprint density at radius 1 is 1.39 bits per heavy atom. The van der Waals surface area contributed by atoms with Gasteiger partial charge in [-0.05, 0) is 22.0 Å². The van der Waals surface area contributed by atoms with E-state index < -0.39 is 14.0 Å². The second-order valence-corrected chi connectivity index (χ2v) is 11.4. The predicted octanol–water partition coefficient (Wildman–Crippen LogP) is 2.14. The Morgan fingerprint density at radius 3 is 2.61 bits per heavy atom. The van der Waals surface area contributed by atoms with Crippen LogP contribution in [0.5, 0.6) is 0 Å². The summed E-state index contributed by atoms with van der Waals surface area (Å²) in [5, 5.41) is 8.01. The molecule has 1 aromatic rings. The Labute approximate surface area is 116 Å². The fourth-order valence-corrected chi connectivity index (χ4v) is 2.31. The molecule has 0 spiro atoms. The number of nitrogens with zero attached hydrogens (tertiary/aromatic N) is 3. The molecule has 0 radical (unpaired) electrons. The minimum absolute atomic E-state index is 0.159. The van der Waals surface area contributed by atoms with Crippen molar-refractivity contribution in [2.45, 2.75) is 32.4 Å². The number of ether oxygens (including phenoxy) is 2. The second kappa shape index (κ2) is 6.44. The Hall–Kier alpha value is -0.733. The van der Waals surface area contributed by atoms with Crippen LogP contribution in [0.25, 0.3) is 0 Å². The number of carbonyl (C=O) groups excluding carboxylic acids is 1. The van der Waals surface area contributed by atoms with Crippen LogP contribution in [0.4, 0.5) is 0 Å². The minimum atomic E-state index is -1.08. The van der Waals surface area contributed by atoms with E-state index in [9.17, 15) is 4.79 Å². The summed E-state index contributed by atoms with van der Waals surface area (Å²) in [6.07, 6.45) is 0. The summed E-state index contributed by atoms with van der Waals surface area (Å²) in [5.41, 5.74) is 0.159. The van der Waals surface area contributed by atoms with E-state index in [1.165, 1.54) is 11.9 Å². The molecule has 0 aliphatic carbocycles. The van der Waals surface area contributed by atoms with Gasteiger partial charge in [0, 0.05) is 14.7 Å². The van der Waals surface area contributed by atoms with Crippen LogP contribution >= 0.6 is 15.9 Å². The van der Waals surface area contributed by atoms with E-state index in [1.54, 1.807) is 0 Å². The Morgan fingerprint density at radius 2 is 2.06 bits per heavy atom. The normalized spacial score (nSPS) is 11.6. The minimum Gasteiger partial charge on any atom is -0.464 e. The molecule has 6 nitrogen and oxygen atoms in total. The topological polar surface area (TPSA) is 66.2 Å². The van der Waals surface area contributed by atoms with Crippen LogP contribution in [0.2, 0.25) is 25.7 Å². The molecule has 0 bridgehead atoms. The first-order valence-electron chi connectivity index (χ1n) is 5.60. The first-order chi connectivity index (χ1) is 8.33. The first kappa shape index (κ1) is 15.3. The van der Waals surface area contributed by atoms with Crippen LogP contribution in [0.1, 0.15) is 10.5 Å². The number of carbonyl (C=O) groups is 1. The van der Waals surface area contributed by atoms with Gasteiger partial charge in [-0.1, -0.05) is 19.6 Å². The van der Waals surface area contributed by atoms with E-state index in [2.05, 4.69) is 50.5 Å². The van der Waals surface area contributed by atoms with Crippen LogP contribution < -0.4 is 0 Å². The SMILES string of the molecule is COC(=O)c1nn(COCC[Si](C)(C)C)nc1Br. The zero-order valence-corrected chi connectivity index (χ0v) is 13.7. The van der Waals surface area contributed by atoms with Gasteiger partial charge in [-0.25, -0.2) is 4.79 Å². The summed E-state index contributed by atoms with van der Waals surface area (Å²) in [5.74, 6) is -0.518.